The minimum absolute atomic E-state index is 0.00608. The Labute approximate surface area is 225 Å². The fourth-order valence-electron chi connectivity index (χ4n) is 4.69. The van der Waals surface area contributed by atoms with Gasteiger partial charge < -0.3 is 30.5 Å². The van der Waals surface area contributed by atoms with Crippen LogP contribution in [0.4, 0.5) is 0 Å². The summed E-state index contributed by atoms with van der Waals surface area (Å²) in [5.74, 6) is -0.986. The fourth-order valence-corrected chi connectivity index (χ4v) is 4.69. The van der Waals surface area contributed by atoms with Crippen molar-refractivity contribution in [1.29, 1.82) is 0 Å². The van der Waals surface area contributed by atoms with Crippen molar-refractivity contribution in [3.8, 4) is 5.75 Å². The lowest BCUT2D eigenvalue weighted by Gasteiger charge is -2.36. The van der Waals surface area contributed by atoms with Gasteiger partial charge in [-0.2, -0.15) is 0 Å². The van der Waals surface area contributed by atoms with Crippen LogP contribution in [0.15, 0.2) is 24.3 Å². The number of nitrogens with one attached hydrogen (secondary N) is 3. The molecule has 4 amide bonds. The van der Waals surface area contributed by atoms with E-state index < -0.39 is 18.0 Å². The maximum Gasteiger partial charge on any atom is 0.255 e. The molecule has 3 rings (SSSR count). The molecule has 0 spiro atoms. The van der Waals surface area contributed by atoms with Gasteiger partial charge in [0.1, 0.15) is 24.4 Å². The predicted octanol–water partition coefficient (Wildman–Crippen LogP) is 1.40. The molecular formula is C28H43N5O5. The number of fused-ring (bicyclic) bond motifs is 1. The van der Waals surface area contributed by atoms with Gasteiger partial charge in [-0.1, -0.05) is 46.8 Å². The number of hydrogen-bond acceptors (Lipinski definition) is 6. The van der Waals surface area contributed by atoms with Crippen LogP contribution in [0.1, 0.15) is 57.8 Å². The summed E-state index contributed by atoms with van der Waals surface area (Å²) in [6.45, 7) is 13.5. The highest BCUT2D eigenvalue weighted by molar-refractivity contribution is 6.00. The van der Waals surface area contributed by atoms with Gasteiger partial charge in [-0.25, -0.2) is 0 Å². The van der Waals surface area contributed by atoms with Crippen LogP contribution < -0.4 is 20.7 Å². The maximum atomic E-state index is 13.5. The zero-order chi connectivity index (χ0) is 27.8. The molecule has 210 valence electrons. The van der Waals surface area contributed by atoms with E-state index in [1.807, 2.05) is 27.7 Å². The summed E-state index contributed by atoms with van der Waals surface area (Å²) in [7, 11) is 0. The van der Waals surface area contributed by atoms with Gasteiger partial charge in [-0.3, -0.25) is 19.2 Å². The number of piperazine rings is 1. The van der Waals surface area contributed by atoms with Crippen LogP contribution in [0, 0.1) is 11.8 Å². The van der Waals surface area contributed by atoms with Crippen molar-refractivity contribution in [3.63, 3.8) is 0 Å². The van der Waals surface area contributed by atoms with Crippen LogP contribution in [0.25, 0.3) is 0 Å². The van der Waals surface area contributed by atoms with E-state index in [0.717, 1.165) is 19.6 Å². The average Bonchev–Trinajstić information content (AvgIpc) is 2.90. The van der Waals surface area contributed by atoms with Gasteiger partial charge in [0.2, 0.25) is 17.7 Å². The lowest BCUT2D eigenvalue weighted by Crippen LogP contribution is -2.55. The standard InChI is InChI=1S/C28H43N5O5/c1-6-32-13-15-33(16-14-32)28(37)21-11-12-24(34)31-25(19(4)5)27(36)30-22(18(2)3)17-38-23-10-8-7-9-20(23)26(35)29-21/h7-10,18-19,21-22,25H,6,11-17H2,1-5H3,(H,29,35)(H,30,36)(H,31,34)/t21-,22+,25+/m0/s1. The Hall–Kier alpha value is -3.14. The molecule has 38 heavy (non-hydrogen) atoms. The van der Waals surface area contributed by atoms with E-state index in [-0.39, 0.29) is 55.0 Å². The van der Waals surface area contributed by atoms with Crippen LogP contribution in [0.2, 0.25) is 0 Å². The summed E-state index contributed by atoms with van der Waals surface area (Å²) in [4.78, 5) is 57.0. The van der Waals surface area contributed by atoms with Crippen molar-refractivity contribution >= 4 is 23.6 Å². The molecule has 10 nitrogen and oxygen atoms in total. The molecule has 2 aliphatic rings. The molecule has 1 aromatic rings. The number of carbonyl (C=O) groups excluding carboxylic acids is 4. The number of para-hydroxylation sites is 1. The number of carbonyl (C=O) groups is 4. The van der Waals surface area contributed by atoms with E-state index >= 15 is 0 Å². The first-order valence-electron chi connectivity index (χ1n) is 13.7. The normalized spacial score (nSPS) is 24.4. The monoisotopic (exact) mass is 529 g/mol. The summed E-state index contributed by atoms with van der Waals surface area (Å²) in [6.07, 6.45) is 0.113. The molecule has 0 aromatic heterocycles. The Morgan fingerprint density at radius 3 is 2.29 bits per heavy atom. The molecule has 10 heteroatoms. The van der Waals surface area contributed by atoms with Gasteiger partial charge in [-0.05, 0) is 36.9 Å². The fraction of sp³-hybridized carbons (Fsp3) is 0.643. The molecule has 1 fully saturated rings. The Bertz CT molecular complexity index is 990. The van der Waals surface area contributed by atoms with Crippen molar-refractivity contribution in [2.75, 3.05) is 39.3 Å². The molecule has 2 aliphatic heterocycles. The van der Waals surface area contributed by atoms with Crippen LogP contribution in [0.3, 0.4) is 0 Å². The minimum Gasteiger partial charge on any atom is -0.491 e. The third kappa shape index (κ3) is 7.69. The molecule has 1 saturated heterocycles. The van der Waals surface area contributed by atoms with E-state index in [9.17, 15) is 19.2 Å². The zero-order valence-electron chi connectivity index (χ0n) is 23.3. The number of benzene rings is 1. The average molecular weight is 530 g/mol. The third-order valence-corrected chi connectivity index (χ3v) is 7.34. The summed E-state index contributed by atoms with van der Waals surface area (Å²) in [5.41, 5.74) is 0.300. The van der Waals surface area contributed by atoms with Crippen molar-refractivity contribution in [2.24, 2.45) is 11.8 Å². The van der Waals surface area contributed by atoms with Crippen molar-refractivity contribution < 1.29 is 23.9 Å². The van der Waals surface area contributed by atoms with E-state index in [4.69, 9.17) is 4.74 Å². The highest BCUT2D eigenvalue weighted by atomic mass is 16.5. The Kier molecular flexibility index (Phi) is 10.5. The molecule has 0 unspecified atom stereocenters. The second-order valence-corrected chi connectivity index (χ2v) is 10.8. The summed E-state index contributed by atoms with van der Waals surface area (Å²) in [5, 5.41) is 8.73. The topological polar surface area (TPSA) is 120 Å². The Balaban J connectivity index is 1.90. The van der Waals surface area contributed by atoms with Gasteiger partial charge in [0.05, 0.1) is 11.6 Å². The SMILES string of the molecule is CCN1CCN(C(=O)[C@@H]2CCC(=O)N[C@H](C(C)C)C(=O)N[C@@H](C(C)C)COc3ccccc3C(=O)N2)CC1. The minimum atomic E-state index is -0.880. The molecule has 2 heterocycles. The number of nitrogens with zero attached hydrogens (tertiary/aromatic N) is 2. The van der Waals surface area contributed by atoms with Gasteiger partial charge in [0.15, 0.2) is 0 Å². The molecule has 0 radical (unpaired) electrons. The molecule has 0 aliphatic carbocycles. The number of likely N-dealkylation sites (N-methyl/N-ethyl adjacent to an activating group) is 1. The smallest absolute Gasteiger partial charge is 0.255 e. The molecule has 3 atom stereocenters. The second kappa shape index (κ2) is 13.6. The molecule has 0 bridgehead atoms. The summed E-state index contributed by atoms with van der Waals surface area (Å²) < 4.78 is 6.05. The quantitative estimate of drug-likeness (QED) is 0.543. The first-order chi connectivity index (χ1) is 18.1. The Morgan fingerprint density at radius 2 is 1.66 bits per heavy atom. The first-order valence-corrected chi connectivity index (χ1v) is 13.7. The lowest BCUT2D eigenvalue weighted by molar-refractivity contribution is -0.135. The summed E-state index contributed by atoms with van der Waals surface area (Å²) in [6, 6.07) is 4.92. The predicted molar refractivity (Wildman–Crippen MR) is 145 cm³/mol. The summed E-state index contributed by atoms with van der Waals surface area (Å²) >= 11 is 0. The molecule has 3 N–H and O–H groups in total. The zero-order valence-corrected chi connectivity index (χ0v) is 23.3. The van der Waals surface area contributed by atoms with Crippen molar-refractivity contribution in [1.82, 2.24) is 25.8 Å². The molecule has 1 aromatic carbocycles. The second-order valence-electron chi connectivity index (χ2n) is 10.8. The van der Waals surface area contributed by atoms with E-state index in [1.54, 1.807) is 29.2 Å². The van der Waals surface area contributed by atoms with Gasteiger partial charge in [-0.15, -0.1) is 0 Å². The van der Waals surface area contributed by atoms with Gasteiger partial charge >= 0.3 is 0 Å². The van der Waals surface area contributed by atoms with E-state index in [2.05, 4.69) is 27.8 Å². The third-order valence-electron chi connectivity index (χ3n) is 7.34. The molecule has 0 saturated carbocycles. The van der Waals surface area contributed by atoms with E-state index in [0.29, 0.717) is 24.4 Å². The van der Waals surface area contributed by atoms with Crippen LogP contribution in [-0.4, -0.2) is 90.9 Å². The largest absolute Gasteiger partial charge is 0.491 e. The van der Waals surface area contributed by atoms with Crippen molar-refractivity contribution in [2.45, 2.75) is 65.6 Å². The van der Waals surface area contributed by atoms with Crippen molar-refractivity contribution in [3.05, 3.63) is 29.8 Å². The number of rotatable bonds is 4. The number of amides is 4. The van der Waals surface area contributed by atoms with Crippen LogP contribution >= 0.6 is 0 Å². The highest BCUT2D eigenvalue weighted by Gasteiger charge is 2.32. The van der Waals surface area contributed by atoms with E-state index in [1.165, 1.54) is 0 Å². The first kappa shape index (κ1) is 29.4. The number of ether oxygens (including phenoxy) is 1. The number of hydrogen-bond donors (Lipinski definition) is 3. The maximum absolute atomic E-state index is 13.5. The van der Waals surface area contributed by atoms with Gasteiger partial charge in [0.25, 0.3) is 5.91 Å². The van der Waals surface area contributed by atoms with Crippen LogP contribution in [-0.2, 0) is 14.4 Å². The highest BCUT2D eigenvalue weighted by Crippen LogP contribution is 2.20. The van der Waals surface area contributed by atoms with Crippen LogP contribution in [0.5, 0.6) is 5.75 Å². The molecular weight excluding hydrogens is 486 g/mol. The Morgan fingerprint density at radius 1 is 0.974 bits per heavy atom. The lowest BCUT2D eigenvalue weighted by atomic mass is 10.00. The van der Waals surface area contributed by atoms with Gasteiger partial charge in [0, 0.05) is 32.6 Å².